The molecule has 0 radical (unpaired) electrons. The number of likely N-dealkylation sites (tertiary alicyclic amines) is 2. The number of guanidine groups is 1. The number of rotatable bonds is 4. The van der Waals surface area contributed by atoms with Crippen LogP contribution in [0.4, 0.5) is 0 Å². The van der Waals surface area contributed by atoms with Gasteiger partial charge in [-0.15, -0.1) is 24.0 Å². The van der Waals surface area contributed by atoms with Crippen molar-refractivity contribution >= 4 is 29.9 Å². The Kier molecular flexibility index (Phi) is 7.62. The first-order chi connectivity index (χ1) is 10.8. The number of nitrogens with two attached hydrogens (primary N) is 1. The summed E-state index contributed by atoms with van der Waals surface area (Å²) in [4.78, 5) is 9.30. The third-order valence-electron chi connectivity index (χ3n) is 4.73. The minimum absolute atomic E-state index is 0. The zero-order chi connectivity index (χ0) is 15.2. The predicted octanol–water partition coefficient (Wildman–Crippen LogP) is 3.20. The number of hydrogen-bond donors (Lipinski definition) is 1. The van der Waals surface area contributed by atoms with Crippen LogP contribution in [0, 0.1) is 0 Å². The molecular formula is C18H29IN4. The van der Waals surface area contributed by atoms with E-state index in [0.717, 1.165) is 19.6 Å². The summed E-state index contributed by atoms with van der Waals surface area (Å²) >= 11 is 0. The molecule has 2 aliphatic rings. The molecule has 2 heterocycles. The van der Waals surface area contributed by atoms with Gasteiger partial charge in [0.1, 0.15) is 0 Å². The maximum atomic E-state index is 6.10. The highest BCUT2D eigenvalue weighted by Gasteiger charge is 2.12. The van der Waals surface area contributed by atoms with Crippen LogP contribution in [0.1, 0.15) is 43.2 Å². The molecule has 0 bridgehead atoms. The van der Waals surface area contributed by atoms with E-state index < -0.39 is 0 Å². The normalized spacial score (nSPS) is 19.7. The third-order valence-corrected chi connectivity index (χ3v) is 4.73. The molecule has 0 aromatic heterocycles. The molecule has 5 heteroatoms. The first kappa shape index (κ1) is 18.5. The van der Waals surface area contributed by atoms with Crippen LogP contribution in [0.5, 0.6) is 0 Å². The van der Waals surface area contributed by atoms with Gasteiger partial charge in [0, 0.05) is 19.6 Å². The lowest BCUT2D eigenvalue weighted by atomic mass is 10.1. The molecule has 2 aliphatic heterocycles. The van der Waals surface area contributed by atoms with E-state index >= 15 is 0 Å². The summed E-state index contributed by atoms with van der Waals surface area (Å²) in [6.45, 7) is 6.39. The van der Waals surface area contributed by atoms with Gasteiger partial charge in [0.25, 0.3) is 0 Å². The third kappa shape index (κ3) is 5.64. The number of aliphatic imine (C=N–C) groups is 1. The molecule has 2 N–H and O–H groups in total. The SMILES string of the molecule is I.NC(=NCc1ccc(CN2CCCC2)cc1)N1CCCCC1. The second-order valence-electron chi connectivity index (χ2n) is 6.52. The van der Waals surface area contributed by atoms with Gasteiger partial charge in [-0.3, -0.25) is 4.90 Å². The van der Waals surface area contributed by atoms with Crippen LogP contribution in [-0.2, 0) is 13.1 Å². The van der Waals surface area contributed by atoms with Gasteiger partial charge in [-0.25, -0.2) is 4.99 Å². The maximum absolute atomic E-state index is 6.10. The topological polar surface area (TPSA) is 44.9 Å². The molecule has 2 fully saturated rings. The summed E-state index contributed by atoms with van der Waals surface area (Å²) < 4.78 is 0. The van der Waals surface area contributed by atoms with Crippen molar-refractivity contribution in [2.45, 2.75) is 45.2 Å². The summed E-state index contributed by atoms with van der Waals surface area (Å²) in [5.41, 5.74) is 8.75. The van der Waals surface area contributed by atoms with Crippen LogP contribution in [-0.4, -0.2) is 41.9 Å². The number of piperidine rings is 1. The lowest BCUT2D eigenvalue weighted by molar-refractivity contribution is 0.331. The first-order valence-electron chi connectivity index (χ1n) is 8.66. The highest BCUT2D eigenvalue weighted by Crippen LogP contribution is 2.14. The van der Waals surface area contributed by atoms with Crippen molar-refractivity contribution in [3.8, 4) is 0 Å². The first-order valence-corrected chi connectivity index (χ1v) is 8.66. The minimum Gasteiger partial charge on any atom is -0.370 e. The van der Waals surface area contributed by atoms with Crippen molar-refractivity contribution in [1.82, 2.24) is 9.80 Å². The lowest BCUT2D eigenvalue weighted by Gasteiger charge is -2.27. The Labute approximate surface area is 157 Å². The number of hydrogen-bond acceptors (Lipinski definition) is 2. The fourth-order valence-corrected chi connectivity index (χ4v) is 3.34. The zero-order valence-electron chi connectivity index (χ0n) is 13.9. The highest BCUT2D eigenvalue weighted by molar-refractivity contribution is 14.0. The molecule has 0 unspecified atom stereocenters. The van der Waals surface area contributed by atoms with Crippen LogP contribution < -0.4 is 5.73 Å². The molecular weight excluding hydrogens is 399 g/mol. The molecule has 0 amide bonds. The van der Waals surface area contributed by atoms with E-state index in [1.54, 1.807) is 0 Å². The smallest absolute Gasteiger partial charge is 0.191 e. The molecule has 3 rings (SSSR count). The molecule has 128 valence electrons. The van der Waals surface area contributed by atoms with E-state index in [9.17, 15) is 0 Å². The van der Waals surface area contributed by atoms with Gasteiger partial charge in [0.2, 0.25) is 0 Å². The van der Waals surface area contributed by atoms with E-state index in [2.05, 4.69) is 39.1 Å². The number of nitrogens with zero attached hydrogens (tertiary/aromatic N) is 3. The van der Waals surface area contributed by atoms with Crippen LogP contribution in [0.15, 0.2) is 29.3 Å². The summed E-state index contributed by atoms with van der Waals surface area (Å²) in [6, 6.07) is 8.86. The standard InChI is InChI=1S/C18H28N4.HI/c19-18(22-12-2-1-3-13-22)20-14-16-6-8-17(9-7-16)15-21-10-4-5-11-21;/h6-9H,1-5,10-15H2,(H2,19,20);1H. The molecule has 1 aromatic rings. The van der Waals surface area contributed by atoms with E-state index in [4.69, 9.17) is 5.73 Å². The van der Waals surface area contributed by atoms with Crippen molar-refractivity contribution in [2.24, 2.45) is 10.7 Å². The van der Waals surface area contributed by atoms with Gasteiger partial charge in [-0.05, 0) is 56.3 Å². The van der Waals surface area contributed by atoms with E-state index in [-0.39, 0.29) is 24.0 Å². The van der Waals surface area contributed by atoms with Crippen molar-refractivity contribution in [1.29, 1.82) is 0 Å². The Morgan fingerprint density at radius 2 is 1.43 bits per heavy atom. The summed E-state index contributed by atoms with van der Waals surface area (Å²) in [7, 11) is 0. The quantitative estimate of drug-likeness (QED) is 0.455. The Bertz CT molecular complexity index is 488. The van der Waals surface area contributed by atoms with Gasteiger partial charge in [0.15, 0.2) is 5.96 Å². The maximum Gasteiger partial charge on any atom is 0.191 e. The van der Waals surface area contributed by atoms with E-state index in [1.165, 1.54) is 56.3 Å². The molecule has 2 saturated heterocycles. The van der Waals surface area contributed by atoms with Crippen LogP contribution in [0.2, 0.25) is 0 Å². The Morgan fingerprint density at radius 1 is 0.870 bits per heavy atom. The van der Waals surface area contributed by atoms with Gasteiger partial charge in [-0.2, -0.15) is 0 Å². The van der Waals surface area contributed by atoms with Crippen LogP contribution in [0.25, 0.3) is 0 Å². The zero-order valence-corrected chi connectivity index (χ0v) is 16.2. The average Bonchev–Trinajstić information content (AvgIpc) is 3.08. The van der Waals surface area contributed by atoms with Crippen molar-refractivity contribution in [2.75, 3.05) is 26.2 Å². The van der Waals surface area contributed by atoms with Crippen LogP contribution in [0.3, 0.4) is 0 Å². The number of benzene rings is 1. The molecule has 1 aromatic carbocycles. The Morgan fingerprint density at radius 3 is 2.09 bits per heavy atom. The fraction of sp³-hybridized carbons (Fsp3) is 0.611. The molecule has 23 heavy (non-hydrogen) atoms. The molecule has 4 nitrogen and oxygen atoms in total. The second kappa shape index (κ2) is 9.47. The van der Waals surface area contributed by atoms with Crippen molar-refractivity contribution < 1.29 is 0 Å². The average molecular weight is 428 g/mol. The van der Waals surface area contributed by atoms with Gasteiger partial charge in [0.05, 0.1) is 6.54 Å². The fourth-order valence-electron chi connectivity index (χ4n) is 3.34. The molecule has 0 atom stereocenters. The molecule has 0 aliphatic carbocycles. The summed E-state index contributed by atoms with van der Waals surface area (Å²) in [5.74, 6) is 0.709. The van der Waals surface area contributed by atoms with E-state index in [0.29, 0.717) is 12.5 Å². The molecule has 0 saturated carbocycles. The van der Waals surface area contributed by atoms with E-state index in [1.807, 2.05) is 0 Å². The largest absolute Gasteiger partial charge is 0.370 e. The van der Waals surface area contributed by atoms with Gasteiger partial charge in [-0.1, -0.05) is 24.3 Å². The molecule has 0 spiro atoms. The summed E-state index contributed by atoms with van der Waals surface area (Å²) in [6.07, 6.45) is 6.50. The highest BCUT2D eigenvalue weighted by atomic mass is 127. The monoisotopic (exact) mass is 428 g/mol. The van der Waals surface area contributed by atoms with Crippen LogP contribution >= 0.6 is 24.0 Å². The van der Waals surface area contributed by atoms with Crippen molar-refractivity contribution in [3.05, 3.63) is 35.4 Å². The lowest BCUT2D eigenvalue weighted by Crippen LogP contribution is -2.40. The summed E-state index contributed by atoms with van der Waals surface area (Å²) in [5, 5.41) is 0. The second-order valence-corrected chi connectivity index (χ2v) is 6.52. The Hall–Kier alpha value is -0.820. The van der Waals surface area contributed by atoms with Crippen molar-refractivity contribution in [3.63, 3.8) is 0 Å². The minimum atomic E-state index is 0. The Balaban J connectivity index is 0.00000192. The van der Waals surface area contributed by atoms with Gasteiger partial charge >= 0.3 is 0 Å². The van der Waals surface area contributed by atoms with Gasteiger partial charge < -0.3 is 10.6 Å². The number of halogens is 1. The predicted molar refractivity (Wildman–Crippen MR) is 107 cm³/mol.